The highest BCUT2D eigenvalue weighted by molar-refractivity contribution is 5.99. The van der Waals surface area contributed by atoms with Gasteiger partial charge in [0.05, 0.1) is 12.9 Å². The highest BCUT2D eigenvalue weighted by Crippen LogP contribution is 2.14. The van der Waals surface area contributed by atoms with E-state index < -0.39 is 0 Å². The lowest BCUT2D eigenvalue weighted by Crippen LogP contribution is -2.07. The van der Waals surface area contributed by atoms with Gasteiger partial charge in [-0.05, 0) is 18.2 Å². The molecule has 1 aromatic rings. The van der Waals surface area contributed by atoms with E-state index in [2.05, 4.69) is 0 Å². The van der Waals surface area contributed by atoms with E-state index in [0.717, 1.165) is 6.42 Å². The van der Waals surface area contributed by atoms with Gasteiger partial charge in [0.2, 0.25) is 0 Å². The van der Waals surface area contributed by atoms with Crippen LogP contribution in [0.5, 0.6) is 0 Å². The fraction of sp³-hybridized carbons (Fsp3) is 0.333. The van der Waals surface area contributed by atoms with Gasteiger partial charge in [-0.3, -0.25) is 9.59 Å². The van der Waals surface area contributed by atoms with E-state index in [9.17, 15) is 9.59 Å². The van der Waals surface area contributed by atoms with Gasteiger partial charge in [0.15, 0.2) is 23.1 Å². The van der Waals surface area contributed by atoms with E-state index in [1.807, 2.05) is 0 Å². The van der Waals surface area contributed by atoms with Gasteiger partial charge >= 0.3 is 0 Å². The first-order chi connectivity index (χ1) is 7.77. The first-order valence-electron chi connectivity index (χ1n) is 5.20. The molecule has 2 rings (SSSR count). The minimum Gasteiger partial charge on any atom is -0.490 e. The molecule has 0 spiro atoms. The second-order valence-electron chi connectivity index (χ2n) is 3.53. The number of ether oxygens (including phenoxy) is 1. The summed E-state index contributed by atoms with van der Waals surface area (Å²) in [5.41, 5.74) is 0. The summed E-state index contributed by atoms with van der Waals surface area (Å²) in [4.78, 5) is 23.1. The summed E-state index contributed by atoms with van der Waals surface area (Å²) in [5, 5.41) is 0. The van der Waals surface area contributed by atoms with E-state index in [1.54, 1.807) is 18.2 Å². The minimum atomic E-state index is -0.156. The maximum atomic E-state index is 11.5. The Morgan fingerprint density at radius 2 is 2.06 bits per heavy atom. The second kappa shape index (κ2) is 4.79. The van der Waals surface area contributed by atoms with Crippen molar-refractivity contribution < 1.29 is 18.7 Å². The number of hydrogen-bond acceptors (Lipinski definition) is 4. The van der Waals surface area contributed by atoms with Crippen LogP contribution in [0.25, 0.3) is 0 Å². The molecule has 0 saturated carbocycles. The van der Waals surface area contributed by atoms with E-state index >= 15 is 0 Å². The number of hydrogen-bond donors (Lipinski definition) is 0. The quantitative estimate of drug-likeness (QED) is 0.713. The van der Waals surface area contributed by atoms with Crippen LogP contribution in [0, 0.1) is 0 Å². The van der Waals surface area contributed by atoms with Crippen LogP contribution in [0.4, 0.5) is 0 Å². The lowest BCUT2D eigenvalue weighted by atomic mass is 10.1. The van der Waals surface area contributed by atoms with E-state index in [-0.39, 0.29) is 24.4 Å². The summed E-state index contributed by atoms with van der Waals surface area (Å²) in [6, 6.07) is 3.25. The maximum absolute atomic E-state index is 11.5. The Morgan fingerprint density at radius 1 is 1.25 bits per heavy atom. The molecule has 0 unspecified atom stereocenters. The number of furan rings is 1. The first-order valence-corrected chi connectivity index (χ1v) is 5.20. The van der Waals surface area contributed by atoms with Gasteiger partial charge in [0.1, 0.15) is 0 Å². The van der Waals surface area contributed by atoms with Crippen molar-refractivity contribution in [2.24, 2.45) is 0 Å². The third-order valence-electron chi connectivity index (χ3n) is 2.36. The minimum absolute atomic E-state index is 0.114. The van der Waals surface area contributed by atoms with Crippen molar-refractivity contribution in [2.45, 2.75) is 19.3 Å². The van der Waals surface area contributed by atoms with Crippen LogP contribution < -0.4 is 0 Å². The lowest BCUT2D eigenvalue weighted by molar-refractivity contribution is -0.118. The number of rotatable bonds is 5. The summed E-state index contributed by atoms with van der Waals surface area (Å²) in [6.07, 6.45) is 4.31. The predicted octanol–water partition coefficient (Wildman–Crippen LogP) is 2.12. The molecular formula is C12H12O4. The lowest BCUT2D eigenvalue weighted by Gasteiger charge is -2.01. The Bertz CT molecular complexity index is 414. The number of Topliss-reactive ketones (excluding diaryl/α,β-unsaturated/α-hetero) is 2. The average molecular weight is 220 g/mol. The maximum Gasteiger partial charge on any atom is 0.198 e. The Labute approximate surface area is 92.9 Å². The van der Waals surface area contributed by atoms with Gasteiger partial charge in [0.25, 0.3) is 0 Å². The van der Waals surface area contributed by atoms with Gasteiger partial charge in [0, 0.05) is 19.3 Å². The molecule has 0 atom stereocenters. The van der Waals surface area contributed by atoms with Crippen molar-refractivity contribution in [2.75, 3.05) is 6.61 Å². The number of allylic oxidation sites excluding steroid dienone is 1. The largest absolute Gasteiger partial charge is 0.490 e. The normalized spacial score (nSPS) is 14.4. The summed E-state index contributed by atoms with van der Waals surface area (Å²) in [6.45, 7) is 0.563. The molecule has 84 valence electrons. The zero-order chi connectivity index (χ0) is 11.4. The molecular weight excluding hydrogens is 208 g/mol. The fourth-order valence-corrected chi connectivity index (χ4v) is 1.52. The molecule has 2 heterocycles. The molecule has 16 heavy (non-hydrogen) atoms. The smallest absolute Gasteiger partial charge is 0.198 e. The molecule has 0 aromatic carbocycles. The predicted molar refractivity (Wildman–Crippen MR) is 55.9 cm³/mol. The zero-order valence-electron chi connectivity index (χ0n) is 8.77. The summed E-state index contributed by atoms with van der Waals surface area (Å²) in [5.74, 6) is 0.427. The molecule has 1 aliphatic rings. The van der Waals surface area contributed by atoms with Crippen molar-refractivity contribution in [3.63, 3.8) is 0 Å². The van der Waals surface area contributed by atoms with Crippen molar-refractivity contribution in [1.29, 1.82) is 0 Å². The standard InChI is InChI=1S/C12H12O4/c13-9(11-3-1-7-15-11)5-6-10(14)12-4-2-8-16-12/h1,3-4,7H,2,5-6,8H2. The van der Waals surface area contributed by atoms with Crippen LogP contribution in [-0.4, -0.2) is 18.2 Å². The summed E-state index contributed by atoms with van der Waals surface area (Å²) >= 11 is 0. The Balaban J connectivity index is 1.83. The van der Waals surface area contributed by atoms with Crippen molar-refractivity contribution in [3.05, 3.63) is 36.0 Å². The van der Waals surface area contributed by atoms with E-state index in [4.69, 9.17) is 9.15 Å². The van der Waals surface area contributed by atoms with Crippen LogP contribution in [0.15, 0.2) is 34.6 Å². The highest BCUT2D eigenvalue weighted by atomic mass is 16.5. The highest BCUT2D eigenvalue weighted by Gasteiger charge is 2.17. The zero-order valence-corrected chi connectivity index (χ0v) is 8.77. The fourth-order valence-electron chi connectivity index (χ4n) is 1.52. The van der Waals surface area contributed by atoms with E-state index in [1.165, 1.54) is 6.26 Å². The molecule has 0 bridgehead atoms. The molecule has 0 amide bonds. The van der Waals surface area contributed by atoms with Crippen molar-refractivity contribution >= 4 is 11.6 Å². The topological polar surface area (TPSA) is 56.5 Å². The second-order valence-corrected chi connectivity index (χ2v) is 3.53. The van der Waals surface area contributed by atoms with Crippen LogP contribution in [-0.2, 0) is 9.53 Å². The molecule has 0 aliphatic carbocycles. The third-order valence-corrected chi connectivity index (χ3v) is 2.36. The molecule has 1 aromatic heterocycles. The molecule has 4 heteroatoms. The molecule has 1 aliphatic heterocycles. The van der Waals surface area contributed by atoms with Gasteiger partial charge in [-0.25, -0.2) is 0 Å². The van der Waals surface area contributed by atoms with Gasteiger partial charge in [-0.15, -0.1) is 0 Å². The average Bonchev–Trinajstić information content (AvgIpc) is 2.95. The van der Waals surface area contributed by atoms with Crippen molar-refractivity contribution in [1.82, 2.24) is 0 Å². The van der Waals surface area contributed by atoms with Gasteiger partial charge in [-0.1, -0.05) is 0 Å². The third kappa shape index (κ3) is 2.39. The summed E-state index contributed by atoms with van der Waals surface area (Å²) in [7, 11) is 0. The Hall–Kier alpha value is -1.84. The van der Waals surface area contributed by atoms with Gasteiger partial charge < -0.3 is 9.15 Å². The van der Waals surface area contributed by atoms with Crippen LogP contribution in [0.2, 0.25) is 0 Å². The van der Waals surface area contributed by atoms with Crippen LogP contribution >= 0.6 is 0 Å². The Morgan fingerprint density at radius 3 is 2.69 bits per heavy atom. The molecule has 0 N–H and O–H groups in total. The SMILES string of the molecule is O=C(CCC(=O)c1ccco1)C1=CCCO1. The monoisotopic (exact) mass is 220 g/mol. The van der Waals surface area contributed by atoms with Crippen LogP contribution in [0.3, 0.4) is 0 Å². The number of carbonyl (C=O) groups is 2. The first kappa shape index (κ1) is 10.7. The molecule has 0 saturated heterocycles. The molecule has 4 nitrogen and oxygen atoms in total. The summed E-state index contributed by atoms with van der Waals surface area (Å²) < 4.78 is 10.1. The van der Waals surface area contributed by atoms with E-state index in [0.29, 0.717) is 18.1 Å². The van der Waals surface area contributed by atoms with Gasteiger partial charge in [-0.2, -0.15) is 0 Å². The number of ketones is 2. The number of carbonyl (C=O) groups excluding carboxylic acids is 2. The molecule has 0 fully saturated rings. The van der Waals surface area contributed by atoms with Crippen molar-refractivity contribution in [3.8, 4) is 0 Å². The van der Waals surface area contributed by atoms with Crippen LogP contribution in [0.1, 0.15) is 29.8 Å². The Kier molecular flexibility index (Phi) is 3.19. The molecule has 0 radical (unpaired) electrons.